The molecule has 44 heavy (non-hydrogen) atoms. The van der Waals surface area contributed by atoms with Gasteiger partial charge in [0.1, 0.15) is 17.7 Å². The monoisotopic (exact) mass is 627 g/mol. The van der Waals surface area contributed by atoms with Crippen LogP contribution in [-0.4, -0.2) is 57.9 Å². The van der Waals surface area contributed by atoms with E-state index < -0.39 is 23.7 Å². The van der Waals surface area contributed by atoms with Gasteiger partial charge in [0.2, 0.25) is 0 Å². The topological polar surface area (TPSA) is 95.3 Å². The first-order valence-electron chi connectivity index (χ1n) is 15.3. The number of aryl methyl sites for hydroxylation is 1. The van der Waals surface area contributed by atoms with Gasteiger partial charge in [0.05, 0.1) is 49.2 Å². The summed E-state index contributed by atoms with van der Waals surface area (Å²) in [6.45, 7) is 9.23. The molecular formula is C33H39ClFN3O6. The summed E-state index contributed by atoms with van der Waals surface area (Å²) in [4.78, 5) is 19.3. The molecule has 3 atom stereocenters. The van der Waals surface area contributed by atoms with Crippen LogP contribution in [0.5, 0.6) is 11.5 Å². The second-order valence-corrected chi connectivity index (χ2v) is 12.4. The van der Waals surface area contributed by atoms with Gasteiger partial charge in [-0.3, -0.25) is 9.69 Å². The van der Waals surface area contributed by atoms with Gasteiger partial charge in [0, 0.05) is 24.1 Å². The van der Waals surface area contributed by atoms with Crippen molar-refractivity contribution < 1.29 is 33.2 Å². The van der Waals surface area contributed by atoms with Crippen LogP contribution in [0.4, 0.5) is 4.39 Å². The van der Waals surface area contributed by atoms with Crippen molar-refractivity contribution in [3.63, 3.8) is 0 Å². The van der Waals surface area contributed by atoms with Crippen LogP contribution < -0.4 is 9.47 Å². The molecule has 3 aromatic rings. The Bertz CT molecular complexity index is 1520. The molecule has 11 heteroatoms. The van der Waals surface area contributed by atoms with Gasteiger partial charge < -0.3 is 28.6 Å². The summed E-state index contributed by atoms with van der Waals surface area (Å²) in [6, 6.07) is 10.4. The number of imidazole rings is 1. The minimum atomic E-state index is -1.29. The number of aliphatic hydroxyl groups is 1. The Morgan fingerprint density at radius 1 is 1.23 bits per heavy atom. The number of para-hydroxylation sites is 1. The third kappa shape index (κ3) is 6.18. The lowest BCUT2D eigenvalue weighted by molar-refractivity contribution is -0.145. The van der Waals surface area contributed by atoms with Crippen molar-refractivity contribution in [2.75, 3.05) is 26.3 Å². The fraction of sp³-hybridized carbons (Fsp3) is 0.515. The molecule has 2 fully saturated rings. The van der Waals surface area contributed by atoms with Crippen LogP contribution in [-0.2, 0) is 33.1 Å². The van der Waals surface area contributed by atoms with Crippen molar-refractivity contribution in [2.24, 2.45) is 0 Å². The molecule has 0 bridgehead atoms. The number of carbonyl (C=O) groups excluding carboxylic acids is 1. The van der Waals surface area contributed by atoms with E-state index in [-0.39, 0.29) is 25.0 Å². The van der Waals surface area contributed by atoms with E-state index in [1.807, 2.05) is 23.6 Å². The average molecular weight is 628 g/mol. The van der Waals surface area contributed by atoms with Gasteiger partial charge >= 0.3 is 5.97 Å². The number of esters is 1. The van der Waals surface area contributed by atoms with Gasteiger partial charge in [0.15, 0.2) is 11.5 Å². The van der Waals surface area contributed by atoms with Gasteiger partial charge in [-0.25, -0.2) is 9.37 Å². The van der Waals surface area contributed by atoms with E-state index in [2.05, 4.69) is 11.0 Å². The molecule has 3 aliphatic heterocycles. The number of carbonyl (C=O) groups is 1. The van der Waals surface area contributed by atoms with Crippen molar-refractivity contribution in [1.29, 1.82) is 0 Å². The Balaban J connectivity index is 1.15. The van der Waals surface area contributed by atoms with Crippen LogP contribution in [0, 0.1) is 12.7 Å². The Morgan fingerprint density at radius 2 is 2.00 bits per heavy atom. The maximum Gasteiger partial charge on any atom is 0.308 e. The van der Waals surface area contributed by atoms with Crippen molar-refractivity contribution >= 4 is 17.6 Å². The molecule has 0 amide bonds. The third-order valence-corrected chi connectivity index (χ3v) is 9.09. The summed E-state index contributed by atoms with van der Waals surface area (Å²) >= 11 is 5.97. The Morgan fingerprint density at radius 3 is 2.68 bits per heavy atom. The fourth-order valence-corrected chi connectivity index (χ4v) is 6.70. The number of aliphatic hydroxyl groups excluding tert-OH is 1. The molecule has 2 saturated heterocycles. The minimum Gasteiger partial charge on any atom is -0.466 e. The van der Waals surface area contributed by atoms with E-state index in [1.54, 1.807) is 26.0 Å². The number of hydrogen-bond acceptors (Lipinski definition) is 8. The SMILES string of the molecule is CCOC(=O)CC(O)c1c(C)nc(CN2CCC(c3cccc4c3OC(C)(c3ccc(Cl)cc3F)O4)CC2)n1CC1CCO1. The molecule has 6 rings (SSSR count). The zero-order chi connectivity index (χ0) is 31.0. The summed E-state index contributed by atoms with van der Waals surface area (Å²) in [6.07, 6.45) is 1.69. The predicted octanol–water partition coefficient (Wildman–Crippen LogP) is 5.78. The summed E-state index contributed by atoms with van der Waals surface area (Å²) in [7, 11) is 0. The van der Waals surface area contributed by atoms with Crippen LogP contribution in [0.25, 0.3) is 0 Å². The first-order chi connectivity index (χ1) is 21.1. The van der Waals surface area contributed by atoms with Gasteiger partial charge in [-0.1, -0.05) is 23.7 Å². The van der Waals surface area contributed by atoms with Gasteiger partial charge in [-0.2, -0.15) is 0 Å². The molecule has 0 saturated carbocycles. The quantitative estimate of drug-likeness (QED) is 0.283. The number of nitrogens with zero attached hydrogens (tertiary/aromatic N) is 3. The Labute approximate surface area is 261 Å². The molecule has 4 heterocycles. The van der Waals surface area contributed by atoms with Crippen molar-refractivity contribution in [2.45, 2.75) is 83.5 Å². The maximum atomic E-state index is 14.8. The molecule has 0 spiro atoms. The molecule has 236 valence electrons. The average Bonchev–Trinajstić information content (AvgIpc) is 3.46. The normalized spacial score (nSPS) is 22.5. The Hall–Kier alpha value is -3.18. The van der Waals surface area contributed by atoms with Crippen molar-refractivity contribution in [3.8, 4) is 11.5 Å². The number of rotatable bonds is 10. The number of hydrogen-bond donors (Lipinski definition) is 1. The van der Waals surface area contributed by atoms with Crippen LogP contribution in [0.1, 0.15) is 79.9 Å². The highest BCUT2D eigenvalue weighted by Crippen LogP contribution is 2.50. The van der Waals surface area contributed by atoms with Crippen LogP contribution in [0.2, 0.25) is 5.02 Å². The minimum absolute atomic E-state index is 0.0658. The lowest BCUT2D eigenvalue weighted by Gasteiger charge is -2.33. The summed E-state index contributed by atoms with van der Waals surface area (Å²) < 4.78 is 40.2. The highest BCUT2D eigenvalue weighted by atomic mass is 35.5. The number of halogens is 2. The van der Waals surface area contributed by atoms with E-state index in [0.717, 1.165) is 50.3 Å². The van der Waals surface area contributed by atoms with Crippen LogP contribution in [0.3, 0.4) is 0 Å². The molecule has 0 aliphatic carbocycles. The van der Waals surface area contributed by atoms with E-state index in [4.69, 9.17) is 35.5 Å². The summed E-state index contributed by atoms with van der Waals surface area (Å²) in [5.41, 5.74) is 2.71. The predicted molar refractivity (Wildman–Crippen MR) is 161 cm³/mol. The second kappa shape index (κ2) is 12.7. The highest BCUT2D eigenvalue weighted by Gasteiger charge is 2.43. The standard InChI is InChI=1S/C33H39ClFN3O6/c1-4-41-30(40)17-27(39)31-20(2)36-29(38(31)18-23-12-15-42-23)19-37-13-10-21(11-14-37)24-6-5-7-28-32(24)44-33(3,43-28)25-9-8-22(34)16-26(25)35/h5-9,16,21,23,27,39H,4,10-15,17-19H2,1-3H3. The lowest BCUT2D eigenvalue weighted by Crippen LogP contribution is -2.36. The van der Waals surface area contributed by atoms with E-state index in [0.29, 0.717) is 46.6 Å². The molecule has 2 aromatic carbocycles. The number of benzene rings is 2. The smallest absolute Gasteiger partial charge is 0.308 e. The van der Waals surface area contributed by atoms with Crippen molar-refractivity contribution in [3.05, 3.63) is 75.6 Å². The van der Waals surface area contributed by atoms with Crippen molar-refractivity contribution in [1.82, 2.24) is 14.5 Å². The fourth-order valence-electron chi connectivity index (χ4n) is 6.54. The number of aromatic nitrogens is 2. The largest absolute Gasteiger partial charge is 0.466 e. The first kappa shape index (κ1) is 30.8. The van der Waals surface area contributed by atoms with Gasteiger partial charge in [0.25, 0.3) is 5.79 Å². The van der Waals surface area contributed by atoms with Crippen LogP contribution in [0.15, 0.2) is 36.4 Å². The molecule has 1 aromatic heterocycles. The molecular weight excluding hydrogens is 589 g/mol. The zero-order valence-corrected chi connectivity index (χ0v) is 26.1. The molecule has 9 nitrogen and oxygen atoms in total. The third-order valence-electron chi connectivity index (χ3n) is 8.85. The highest BCUT2D eigenvalue weighted by molar-refractivity contribution is 6.30. The van der Waals surface area contributed by atoms with Gasteiger partial charge in [-0.05, 0) is 76.4 Å². The zero-order valence-electron chi connectivity index (χ0n) is 25.4. The molecule has 3 unspecified atom stereocenters. The van der Waals surface area contributed by atoms with Gasteiger partial charge in [-0.15, -0.1) is 0 Å². The van der Waals surface area contributed by atoms with E-state index in [9.17, 15) is 14.3 Å². The number of ether oxygens (including phenoxy) is 4. The molecule has 1 N–H and O–H groups in total. The number of piperidine rings is 1. The molecule has 3 aliphatic rings. The Kier molecular flexibility index (Phi) is 8.88. The number of fused-ring (bicyclic) bond motifs is 1. The molecule has 0 radical (unpaired) electrons. The number of likely N-dealkylation sites (tertiary alicyclic amines) is 1. The lowest BCUT2D eigenvalue weighted by atomic mass is 9.88. The van der Waals surface area contributed by atoms with E-state index >= 15 is 0 Å². The first-order valence-corrected chi connectivity index (χ1v) is 15.7. The maximum absolute atomic E-state index is 14.8. The second-order valence-electron chi connectivity index (χ2n) is 11.9. The van der Waals surface area contributed by atoms with E-state index in [1.165, 1.54) is 6.07 Å². The van der Waals surface area contributed by atoms with Crippen LogP contribution >= 0.6 is 11.6 Å². The summed E-state index contributed by atoms with van der Waals surface area (Å²) in [5.74, 6) is 0.165. The summed E-state index contributed by atoms with van der Waals surface area (Å²) in [5, 5.41) is 11.3.